The molecule has 0 aromatic rings. The summed E-state index contributed by atoms with van der Waals surface area (Å²) in [7, 11) is 0. The number of carbonyl (C=O) groups is 1. The van der Waals surface area contributed by atoms with E-state index < -0.39 is 0 Å². The molecule has 23 heavy (non-hydrogen) atoms. The quantitative estimate of drug-likeness (QED) is 0.706. The van der Waals surface area contributed by atoms with Gasteiger partial charge in [0.05, 0.1) is 12.1 Å². The predicted molar refractivity (Wildman–Crippen MR) is 96.5 cm³/mol. The first-order chi connectivity index (χ1) is 10.2. The van der Waals surface area contributed by atoms with Gasteiger partial charge in [0, 0.05) is 31.7 Å². The second-order valence-electron chi connectivity index (χ2n) is 6.96. The van der Waals surface area contributed by atoms with E-state index in [-0.39, 0.29) is 42.9 Å². The molecule has 3 rings (SSSR count). The SMILES string of the molecule is Cl.Cl.O=C(NC1CCN(C2CCCCC2)CC1)C1CC(O)CN1. The maximum atomic E-state index is 12.1. The van der Waals surface area contributed by atoms with Crippen LogP contribution in [-0.2, 0) is 4.79 Å². The average Bonchev–Trinajstić information content (AvgIpc) is 2.96. The molecule has 1 saturated carbocycles. The number of β-amino-alcohol motifs (C(OH)–C–C–N with tert-alkyl or cyclic N) is 1. The number of hydrogen-bond acceptors (Lipinski definition) is 4. The Kier molecular flexibility index (Phi) is 9.16. The number of likely N-dealkylation sites (tertiary alicyclic amines) is 1. The van der Waals surface area contributed by atoms with Gasteiger partial charge in [0.15, 0.2) is 0 Å². The lowest BCUT2D eigenvalue weighted by Gasteiger charge is -2.39. The van der Waals surface area contributed by atoms with Crippen molar-refractivity contribution in [1.82, 2.24) is 15.5 Å². The van der Waals surface area contributed by atoms with Crippen molar-refractivity contribution in [3.05, 3.63) is 0 Å². The zero-order valence-corrected chi connectivity index (χ0v) is 15.3. The number of halogens is 2. The molecular weight excluding hydrogens is 337 g/mol. The second kappa shape index (κ2) is 10.0. The summed E-state index contributed by atoms with van der Waals surface area (Å²) in [5.41, 5.74) is 0. The zero-order valence-electron chi connectivity index (χ0n) is 13.7. The van der Waals surface area contributed by atoms with E-state index in [1.165, 1.54) is 32.1 Å². The molecule has 2 atom stereocenters. The lowest BCUT2D eigenvalue weighted by Crippen LogP contribution is -2.51. The highest BCUT2D eigenvalue weighted by Crippen LogP contribution is 2.25. The summed E-state index contributed by atoms with van der Waals surface area (Å²) in [6, 6.07) is 0.912. The standard InChI is InChI=1S/C16H29N3O2.2ClH/c20-14-10-15(17-11-14)16(21)18-12-6-8-19(9-7-12)13-4-2-1-3-5-13;;/h12-15,17,20H,1-11H2,(H,18,21);2*1H. The van der Waals surface area contributed by atoms with Crippen LogP contribution in [0, 0.1) is 0 Å². The van der Waals surface area contributed by atoms with Gasteiger partial charge in [0.2, 0.25) is 5.91 Å². The Hall–Kier alpha value is -0.0700. The molecule has 0 aromatic heterocycles. The smallest absolute Gasteiger partial charge is 0.237 e. The van der Waals surface area contributed by atoms with Crippen molar-refractivity contribution in [3.63, 3.8) is 0 Å². The molecule has 7 heteroatoms. The molecule has 2 unspecified atom stereocenters. The van der Waals surface area contributed by atoms with Crippen molar-refractivity contribution >= 4 is 30.7 Å². The molecule has 0 bridgehead atoms. The van der Waals surface area contributed by atoms with E-state index in [4.69, 9.17) is 0 Å². The Morgan fingerprint density at radius 2 is 1.70 bits per heavy atom. The number of carbonyl (C=O) groups excluding carboxylic acids is 1. The first-order valence-electron chi connectivity index (χ1n) is 8.68. The van der Waals surface area contributed by atoms with Gasteiger partial charge in [0.1, 0.15) is 0 Å². The summed E-state index contributed by atoms with van der Waals surface area (Å²) in [5.74, 6) is 0.0719. The summed E-state index contributed by atoms with van der Waals surface area (Å²) in [4.78, 5) is 14.8. The molecule has 0 radical (unpaired) electrons. The van der Waals surface area contributed by atoms with Gasteiger partial charge < -0.3 is 20.6 Å². The number of aliphatic hydroxyl groups excluding tert-OH is 1. The normalized spacial score (nSPS) is 30.3. The monoisotopic (exact) mass is 367 g/mol. The van der Waals surface area contributed by atoms with E-state index in [9.17, 15) is 9.90 Å². The number of aliphatic hydroxyl groups is 1. The summed E-state index contributed by atoms with van der Waals surface area (Å²) in [6.45, 7) is 2.78. The second-order valence-corrected chi connectivity index (χ2v) is 6.96. The highest BCUT2D eigenvalue weighted by Gasteiger charge is 2.31. The Labute approximate surface area is 151 Å². The van der Waals surface area contributed by atoms with E-state index in [1.807, 2.05) is 0 Å². The lowest BCUT2D eigenvalue weighted by molar-refractivity contribution is -0.124. The molecule has 3 aliphatic rings. The molecule has 3 N–H and O–H groups in total. The molecule has 2 heterocycles. The van der Waals surface area contributed by atoms with Crippen molar-refractivity contribution in [2.45, 2.75) is 75.6 Å². The van der Waals surface area contributed by atoms with Crippen molar-refractivity contribution in [1.29, 1.82) is 0 Å². The molecular formula is C16H31Cl2N3O2. The zero-order chi connectivity index (χ0) is 14.7. The highest BCUT2D eigenvalue weighted by atomic mass is 35.5. The largest absolute Gasteiger partial charge is 0.392 e. The van der Waals surface area contributed by atoms with Crippen molar-refractivity contribution in [3.8, 4) is 0 Å². The van der Waals surface area contributed by atoms with E-state index in [2.05, 4.69) is 15.5 Å². The number of nitrogens with zero attached hydrogens (tertiary/aromatic N) is 1. The van der Waals surface area contributed by atoms with Gasteiger partial charge in [-0.2, -0.15) is 0 Å². The van der Waals surface area contributed by atoms with E-state index in [1.54, 1.807) is 0 Å². The molecule has 136 valence electrons. The number of rotatable bonds is 3. The molecule has 1 aliphatic carbocycles. The third-order valence-electron chi connectivity index (χ3n) is 5.39. The first kappa shape index (κ1) is 21.0. The predicted octanol–water partition coefficient (Wildman–Crippen LogP) is 1.47. The van der Waals surface area contributed by atoms with Crippen LogP contribution in [0.3, 0.4) is 0 Å². The minimum absolute atomic E-state index is 0. The molecule has 3 fully saturated rings. The van der Waals surface area contributed by atoms with Gasteiger partial charge in [-0.1, -0.05) is 19.3 Å². The fourth-order valence-corrected chi connectivity index (χ4v) is 4.07. The van der Waals surface area contributed by atoms with Crippen LogP contribution in [0.1, 0.15) is 51.4 Å². The summed E-state index contributed by atoms with van der Waals surface area (Å²) < 4.78 is 0. The van der Waals surface area contributed by atoms with Gasteiger partial charge in [-0.05, 0) is 32.1 Å². The van der Waals surface area contributed by atoms with Crippen LogP contribution in [0.4, 0.5) is 0 Å². The third-order valence-corrected chi connectivity index (χ3v) is 5.39. The average molecular weight is 368 g/mol. The van der Waals surface area contributed by atoms with Crippen LogP contribution in [0.25, 0.3) is 0 Å². The number of hydrogen-bond donors (Lipinski definition) is 3. The Bertz CT molecular complexity index is 359. The number of piperidine rings is 1. The molecule has 1 amide bonds. The molecule has 0 aromatic carbocycles. The lowest BCUT2D eigenvalue weighted by atomic mass is 9.92. The van der Waals surface area contributed by atoms with Gasteiger partial charge in [-0.25, -0.2) is 0 Å². The number of nitrogens with one attached hydrogen (secondary N) is 2. The summed E-state index contributed by atoms with van der Waals surface area (Å²) in [6.07, 6.45) is 9.22. The van der Waals surface area contributed by atoms with Crippen LogP contribution in [0.2, 0.25) is 0 Å². The fourth-order valence-electron chi connectivity index (χ4n) is 4.07. The van der Waals surface area contributed by atoms with Gasteiger partial charge in [-0.3, -0.25) is 4.79 Å². The van der Waals surface area contributed by atoms with Crippen molar-refractivity contribution < 1.29 is 9.90 Å². The van der Waals surface area contributed by atoms with E-state index in [0.717, 1.165) is 32.0 Å². The minimum atomic E-state index is -0.367. The van der Waals surface area contributed by atoms with Crippen LogP contribution < -0.4 is 10.6 Å². The maximum Gasteiger partial charge on any atom is 0.237 e. The molecule has 2 saturated heterocycles. The van der Waals surface area contributed by atoms with E-state index >= 15 is 0 Å². The van der Waals surface area contributed by atoms with E-state index in [0.29, 0.717) is 19.0 Å². The Morgan fingerprint density at radius 1 is 1.04 bits per heavy atom. The Balaban J connectivity index is 0.00000132. The third kappa shape index (κ3) is 5.75. The molecule has 2 aliphatic heterocycles. The number of amides is 1. The van der Waals surface area contributed by atoms with Gasteiger partial charge >= 0.3 is 0 Å². The van der Waals surface area contributed by atoms with Gasteiger partial charge in [0.25, 0.3) is 0 Å². The summed E-state index contributed by atoms with van der Waals surface area (Å²) >= 11 is 0. The maximum absolute atomic E-state index is 12.1. The summed E-state index contributed by atoms with van der Waals surface area (Å²) in [5, 5.41) is 15.7. The van der Waals surface area contributed by atoms with Crippen LogP contribution in [-0.4, -0.2) is 59.8 Å². The van der Waals surface area contributed by atoms with Crippen LogP contribution in [0.5, 0.6) is 0 Å². The minimum Gasteiger partial charge on any atom is -0.392 e. The van der Waals surface area contributed by atoms with Crippen LogP contribution >= 0.6 is 24.8 Å². The highest BCUT2D eigenvalue weighted by molar-refractivity contribution is 5.85. The van der Waals surface area contributed by atoms with Crippen molar-refractivity contribution in [2.75, 3.05) is 19.6 Å². The fraction of sp³-hybridized carbons (Fsp3) is 0.938. The molecule has 0 spiro atoms. The van der Waals surface area contributed by atoms with Crippen LogP contribution in [0.15, 0.2) is 0 Å². The first-order valence-corrected chi connectivity index (χ1v) is 8.68. The topological polar surface area (TPSA) is 64.6 Å². The van der Waals surface area contributed by atoms with Gasteiger partial charge in [-0.15, -0.1) is 24.8 Å². The Morgan fingerprint density at radius 3 is 2.26 bits per heavy atom. The molecule has 5 nitrogen and oxygen atoms in total. The van der Waals surface area contributed by atoms with Crippen molar-refractivity contribution in [2.24, 2.45) is 0 Å².